The Kier molecular flexibility index (Phi) is 9.78. The molecule has 2 atom stereocenters. The van der Waals surface area contributed by atoms with Gasteiger partial charge in [0.15, 0.2) is 0 Å². The number of rotatable bonds is 10. The Balaban J connectivity index is 1.51. The number of aryl methyl sites for hydroxylation is 1. The van der Waals surface area contributed by atoms with Gasteiger partial charge in [0, 0.05) is 24.7 Å². The first-order chi connectivity index (χ1) is 17.2. The van der Waals surface area contributed by atoms with Crippen LogP contribution in [0.3, 0.4) is 0 Å². The molecule has 196 valence electrons. The molecule has 36 heavy (non-hydrogen) atoms. The Hall–Kier alpha value is -3.04. The predicted octanol–water partition coefficient (Wildman–Crippen LogP) is 4.17. The van der Waals surface area contributed by atoms with Gasteiger partial charge >= 0.3 is 6.09 Å². The van der Waals surface area contributed by atoms with Crippen LogP contribution in [0.15, 0.2) is 36.4 Å². The summed E-state index contributed by atoms with van der Waals surface area (Å²) in [5, 5.41) is 15.3. The highest BCUT2D eigenvalue weighted by Gasteiger charge is 2.29. The van der Waals surface area contributed by atoms with Crippen molar-refractivity contribution in [3.63, 3.8) is 0 Å². The summed E-state index contributed by atoms with van der Waals surface area (Å²) < 4.78 is 18.4. The normalized spacial score (nSPS) is 16.2. The lowest BCUT2D eigenvalue weighted by Crippen LogP contribution is -2.52. The standard InChI is InChI=1S/C26H34ClFN4O4/c1-16(23(31-26(34)35)8-5-17-3-6-19(28)7-4-17)32-11-9-18(10-12-32)15-30-25(33)20-13-21(27)22(29)14-24(20)36-2/h3-4,6-7,13-14,16,18,23,31H,5,8-12,15,29H2,1-2H3,(H,30,33)(H,34,35). The number of carbonyl (C=O) groups is 2. The number of amides is 2. The van der Waals surface area contributed by atoms with Gasteiger partial charge in [-0.15, -0.1) is 0 Å². The van der Waals surface area contributed by atoms with E-state index in [1.165, 1.54) is 31.4 Å². The second-order valence-electron chi connectivity index (χ2n) is 9.23. The number of ether oxygens (including phenoxy) is 1. The van der Waals surface area contributed by atoms with Gasteiger partial charge in [-0.1, -0.05) is 23.7 Å². The highest BCUT2D eigenvalue weighted by Crippen LogP contribution is 2.29. The molecule has 1 aliphatic heterocycles. The van der Waals surface area contributed by atoms with Gasteiger partial charge in [-0.05, 0) is 75.4 Å². The average molecular weight is 521 g/mol. The summed E-state index contributed by atoms with van der Waals surface area (Å²) in [7, 11) is 1.47. The number of piperidine rings is 1. The van der Waals surface area contributed by atoms with E-state index in [-0.39, 0.29) is 23.8 Å². The fourth-order valence-electron chi connectivity index (χ4n) is 4.63. The van der Waals surface area contributed by atoms with Gasteiger partial charge in [-0.25, -0.2) is 9.18 Å². The number of nitrogen functional groups attached to an aromatic ring is 1. The van der Waals surface area contributed by atoms with E-state index >= 15 is 0 Å². The van der Waals surface area contributed by atoms with Crippen molar-refractivity contribution in [2.24, 2.45) is 5.92 Å². The van der Waals surface area contributed by atoms with Crippen LogP contribution < -0.4 is 21.1 Å². The van der Waals surface area contributed by atoms with Crippen molar-refractivity contribution in [1.82, 2.24) is 15.5 Å². The van der Waals surface area contributed by atoms with Gasteiger partial charge in [-0.3, -0.25) is 9.69 Å². The van der Waals surface area contributed by atoms with E-state index in [1.807, 2.05) is 6.92 Å². The molecule has 0 saturated carbocycles. The molecule has 1 aliphatic rings. The van der Waals surface area contributed by atoms with Gasteiger partial charge in [0.25, 0.3) is 5.91 Å². The number of nitrogens with one attached hydrogen (secondary N) is 2. The predicted molar refractivity (Wildman–Crippen MR) is 138 cm³/mol. The number of halogens is 2. The molecule has 1 heterocycles. The zero-order valence-electron chi connectivity index (χ0n) is 20.6. The second kappa shape index (κ2) is 12.8. The summed E-state index contributed by atoms with van der Waals surface area (Å²) in [5.41, 5.74) is 7.45. The summed E-state index contributed by atoms with van der Waals surface area (Å²) in [6.07, 6.45) is 1.96. The Bertz CT molecular complexity index is 1040. The molecule has 8 nitrogen and oxygen atoms in total. The fraction of sp³-hybridized carbons (Fsp3) is 0.462. The fourth-order valence-corrected chi connectivity index (χ4v) is 4.80. The van der Waals surface area contributed by atoms with Crippen molar-refractivity contribution in [3.8, 4) is 5.75 Å². The molecular formula is C26H34ClFN4O4. The molecule has 1 saturated heterocycles. The van der Waals surface area contributed by atoms with Crippen LogP contribution in [0.1, 0.15) is 42.1 Å². The van der Waals surface area contributed by atoms with E-state index in [4.69, 9.17) is 22.1 Å². The molecule has 2 unspecified atom stereocenters. The van der Waals surface area contributed by atoms with E-state index < -0.39 is 6.09 Å². The molecule has 3 rings (SSSR count). The number of methoxy groups -OCH3 is 1. The van der Waals surface area contributed by atoms with Crippen molar-refractivity contribution in [2.45, 2.75) is 44.7 Å². The Morgan fingerprint density at radius 2 is 1.92 bits per heavy atom. The third-order valence-electron chi connectivity index (χ3n) is 6.89. The third kappa shape index (κ3) is 7.48. The topological polar surface area (TPSA) is 117 Å². The molecule has 2 amide bonds. The maximum Gasteiger partial charge on any atom is 0.404 e. The lowest BCUT2D eigenvalue weighted by atomic mass is 9.93. The van der Waals surface area contributed by atoms with Crippen LogP contribution in [-0.2, 0) is 6.42 Å². The third-order valence-corrected chi connectivity index (χ3v) is 7.22. The van der Waals surface area contributed by atoms with E-state index in [0.717, 1.165) is 31.5 Å². The van der Waals surface area contributed by atoms with Crippen LogP contribution in [-0.4, -0.2) is 60.8 Å². The lowest BCUT2D eigenvalue weighted by molar-refractivity contribution is 0.0907. The first kappa shape index (κ1) is 27.5. The van der Waals surface area contributed by atoms with Crippen molar-refractivity contribution >= 4 is 29.3 Å². The molecule has 0 spiro atoms. The van der Waals surface area contributed by atoms with Gasteiger partial charge < -0.3 is 26.2 Å². The molecule has 10 heteroatoms. The van der Waals surface area contributed by atoms with E-state index in [0.29, 0.717) is 47.3 Å². The first-order valence-corrected chi connectivity index (χ1v) is 12.4. The van der Waals surface area contributed by atoms with Gasteiger partial charge in [-0.2, -0.15) is 0 Å². The molecule has 0 aliphatic carbocycles. The number of nitrogens with zero attached hydrogens (tertiary/aromatic N) is 1. The van der Waals surface area contributed by atoms with Crippen LogP contribution >= 0.6 is 11.6 Å². The van der Waals surface area contributed by atoms with Crippen LogP contribution in [0, 0.1) is 11.7 Å². The second-order valence-corrected chi connectivity index (χ2v) is 9.63. The maximum absolute atomic E-state index is 13.2. The van der Waals surface area contributed by atoms with E-state index in [9.17, 15) is 19.1 Å². The van der Waals surface area contributed by atoms with Gasteiger partial charge in [0.05, 0.1) is 23.4 Å². The molecule has 2 aromatic rings. The number of carboxylic acid groups (broad SMARTS) is 1. The van der Waals surface area contributed by atoms with Crippen LogP contribution in [0.4, 0.5) is 14.9 Å². The largest absolute Gasteiger partial charge is 0.496 e. The number of benzene rings is 2. The molecular weight excluding hydrogens is 487 g/mol. The van der Waals surface area contributed by atoms with Gasteiger partial charge in [0.1, 0.15) is 11.6 Å². The lowest BCUT2D eigenvalue weighted by Gasteiger charge is -2.39. The SMILES string of the molecule is COc1cc(N)c(Cl)cc1C(=O)NCC1CCN(C(C)C(CCc2ccc(F)cc2)NC(=O)O)CC1. The van der Waals surface area contributed by atoms with Crippen molar-refractivity contribution in [3.05, 3.63) is 58.4 Å². The number of hydrogen-bond acceptors (Lipinski definition) is 5. The monoisotopic (exact) mass is 520 g/mol. The molecule has 0 aromatic heterocycles. The number of anilines is 1. The Labute approximate surface area is 215 Å². The molecule has 5 N–H and O–H groups in total. The van der Waals surface area contributed by atoms with Crippen LogP contribution in [0.2, 0.25) is 5.02 Å². The smallest absolute Gasteiger partial charge is 0.404 e. The summed E-state index contributed by atoms with van der Waals surface area (Å²) in [4.78, 5) is 26.4. The number of carbonyl (C=O) groups excluding carboxylic acids is 1. The number of hydrogen-bond donors (Lipinski definition) is 4. The molecule has 1 fully saturated rings. The summed E-state index contributed by atoms with van der Waals surface area (Å²) in [6.45, 7) is 4.15. The first-order valence-electron chi connectivity index (χ1n) is 12.1. The van der Waals surface area contributed by atoms with Crippen molar-refractivity contribution in [2.75, 3.05) is 32.5 Å². The highest BCUT2D eigenvalue weighted by molar-refractivity contribution is 6.33. The summed E-state index contributed by atoms with van der Waals surface area (Å²) in [6, 6.07) is 9.08. The number of likely N-dealkylation sites (tertiary alicyclic amines) is 1. The van der Waals surface area contributed by atoms with E-state index in [2.05, 4.69) is 15.5 Å². The quantitative estimate of drug-likeness (QED) is 0.349. The Morgan fingerprint density at radius 1 is 1.25 bits per heavy atom. The van der Waals surface area contributed by atoms with Gasteiger partial charge in [0.2, 0.25) is 0 Å². The van der Waals surface area contributed by atoms with Crippen molar-refractivity contribution < 1.29 is 23.8 Å². The zero-order valence-corrected chi connectivity index (χ0v) is 21.4. The summed E-state index contributed by atoms with van der Waals surface area (Å²) in [5.74, 6) is 0.118. The average Bonchev–Trinajstić information content (AvgIpc) is 2.87. The maximum atomic E-state index is 13.2. The zero-order chi connectivity index (χ0) is 26.2. The molecule has 2 aromatic carbocycles. The van der Waals surface area contributed by atoms with Crippen LogP contribution in [0.25, 0.3) is 0 Å². The minimum Gasteiger partial charge on any atom is -0.496 e. The minimum absolute atomic E-state index is 0.00160. The van der Waals surface area contributed by atoms with Crippen molar-refractivity contribution in [1.29, 1.82) is 0 Å². The van der Waals surface area contributed by atoms with E-state index in [1.54, 1.807) is 12.1 Å². The summed E-state index contributed by atoms with van der Waals surface area (Å²) >= 11 is 6.08. The highest BCUT2D eigenvalue weighted by atomic mass is 35.5. The van der Waals surface area contributed by atoms with Crippen LogP contribution in [0.5, 0.6) is 5.75 Å². The number of nitrogens with two attached hydrogens (primary N) is 1. The minimum atomic E-state index is -1.05. The Morgan fingerprint density at radius 3 is 2.53 bits per heavy atom. The molecule has 0 radical (unpaired) electrons. The molecule has 0 bridgehead atoms.